The molecule has 3 nitrogen and oxygen atoms in total. The lowest BCUT2D eigenvalue weighted by atomic mass is 10.2. The number of nitrogens with one attached hydrogen (secondary N) is 1. The molecule has 0 spiro atoms. The molecular weight excluding hydrogens is 348 g/mol. The molecule has 0 unspecified atom stereocenters. The summed E-state index contributed by atoms with van der Waals surface area (Å²) in [6.07, 6.45) is -4.66. The molecule has 0 bridgehead atoms. The van der Waals surface area contributed by atoms with Crippen molar-refractivity contribution >= 4 is 35.4 Å². The molecule has 2 aromatic rings. The average molecular weight is 355 g/mol. The SMILES string of the molecule is O=c1cc(C(F)(F)F)[nH]c(=S)n1Cc1cc(Cl)cc(Cl)c1. The van der Waals surface area contributed by atoms with Crippen LogP contribution < -0.4 is 5.56 Å². The minimum absolute atomic E-state index is 0.0351. The third-order valence-corrected chi connectivity index (χ3v) is 3.35. The number of aromatic amines is 1. The van der Waals surface area contributed by atoms with Crippen molar-refractivity contribution in [2.24, 2.45) is 0 Å². The van der Waals surface area contributed by atoms with E-state index in [4.69, 9.17) is 35.4 Å². The monoisotopic (exact) mass is 354 g/mol. The highest BCUT2D eigenvalue weighted by atomic mass is 35.5. The van der Waals surface area contributed by atoms with Crippen LogP contribution in [0.1, 0.15) is 11.3 Å². The number of alkyl halides is 3. The summed E-state index contributed by atoms with van der Waals surface area (Å²) in [6, 6.07) is 5.06. The maximum atomic E-state index is 12.6. The summed E-state index contributed by atoms with van der Waals surface area (Å²) in [5, 5.41) is 0.708. The summed E-state index contributed by atoms with van der Waals surface area (Å²) in [7, 11) is 0. The normalized spacial score (nSPS) is 11.7. The highest BCUT2D eigenvalue weighted by molar-refractivity contribution is 7.71. The Balaban J connectivity index is 2.46. The molecule has 21 heavy (non-hydrogen) atoms. The first-order chi connectivity index (χ1) is 9.66. The van der Waals surface area contributed by atoms with Gasteiger partial charge in [-0.2, -0.15) is 13.2 Å². The summed E-state index contributed by atoms with van der Waals surface area (Å²) >= 11 is 16.5. The number of hydrogen-bond acceptors (Lipinski definition) is 2. The number of halogens is 5. The number of benzene rings is 1. The van der Waals surface area contributed by atoms with Crippen LogP contribution in [0.5, 0.6) is 0 Å². The smallest absolute Gasteiger partial charge is 0.328 e. The van der Waals surface area contributed by atoms with Crippen molar-refractivity contribution in [3.63, 3.8) is 0 Å². The minimum atomic E-state index is -4.66. The summed E-state index contributed by atoms with van der Waals surface area (Å²) < 4.78 is 38.3. The Morgan fingerprint density at radius 3 is 2.19 bits per heavy atom. The Bertz CT molecular complexity index is 747. The van der Waals surface area contributed by atoms with Crippen molar-refractivity contribution in [3.05, 3.63) is 60.7 Å². The highest BCUT2D eigenvalue weighted by Crippen LogP contribution is 2.26. The van der Waals surface area contributed by atoms with Crippen LogP contribution in [-0.2, 0) is 12.7 Å². The molecule has 112 valence electrons. The van der Waals surface area contributed by atoms with E-state index < -0.39 is 17.4 Å². The molecular formula is C12H7Cl2F3N2OS. The van der Waals surface area contributed by atoms with Crippen LogP contribution in [0.25, 0.3) is 0 Å². The average Bonchev–Trinajstić information content (AvgIpc) is 2.31. The summed E-state index contributed by atoms with van der Waals surface area (Å²) in [4.78, 5) is 13.8. The van der Waals surface area contributed by atoms with Crippen LogP contribution in [0.2, 0.25) is 10.0 Å². The van der Waals surface area contributed by atoms with Crippen LogP contribution in [0.4, 0.5) is 13.2 Å². The molecule has 0 aliphatic rings. The van der Waals surface area contributed by atoms with Crippen LogP contribution in [0.15, 0.2) is 29.1 Å². The Hall–Kier alpha value is -1.31. The molecule has 1 N–H and O–H groups in total. The van der Waals surface area contributed by atoms with Crippen molar-refractivity contribution in [3.8, 4) is 0 Å². The second-order valence-electron chi connectivity index (χ2n) is 4.19. The van der Waals surface area contributed by atoms with E-state index >= 15 is 0 Å². The Labute approximate surface area is 131 Å². The quantitative estimate of drug-likeness (QED) is 0.817. The maximum Gasteiger partial charge on any atom is 0.431 e. The second kappa shape index (κ2) is 5.82. The lowest BCUT2D eigenvalue weighted by Gasteiger charge is -2.10. The Morgan fingerprint density at radius 2 is 1.71 bits per heavy atom. The van der Waals surface area contributed by atoms with E-state index in [1.807, 2.05) is 4.98 Å². The van der Waals surface area contributed by atoms with E-state index in [0.29, 0.717) is 21.7 Å². The summed E-state index contributed by atoms with van der Waals surface area (Å²) in [6.45, 7) is -0.0351. The van der Waals surface area contributed by atoms with Gasteiger partial charge in [0.2, 0.25) is 0 Å². The third-order valence-electron chi connectivity index (χ3n) is 2.59. The fourth-order valence-corrected chi connectivity index (χ4v) is 2.54. The van der Waals surface area contributed by atoms with Gasteiger partial charge in [0.15, 0.2) is 4.77 Å². The number of aromatic nitrogens is 2. The van der Waals surface area contributed by atoms with E-state index in [2.05, 4.69) is 0 Å². The zero-order chi connectivity index (χ0) is 15.8. The van der Waals surface area contributed by atoms with Gasteiger partial charge in [-0.05, 0) is 36.0 Å². The van der Waals surface area contributed by atoms with Crippen molar-refractivity contribution < 1.29 is 13.2 Å². The molecule has 0 radical (unpaired) electrons. The topological polar surface area (TPSA) is 37.8 Å². The van der Waals surface area contributed by atoms with Crippen molar-refractivity contribution in [2.45, 2.75) is 12.7 Å². The van der Waals surface area contributed by atoms with Gasteiger partial charge in [0, 0.05) is 16.1 Å². The van der Waals surface area contributed by atoms with Gasteiger partial charge in [-0.1, -0.05) is 23.2 Å². The molecule has 1 aromatic carbocycles. The first-order valence-corrected chi connectivity index (χ1v) is 6.69. The van der Waals surface area contributed by atoms with Crippen LogP contribution in [0.3, 0.4) is 0 Å². The van der Waals surface area contributed by atoms with Gasteiger partial charge in [-0.3, -0.25) is 9.36 Å². The molecule has 1 heterocycles. The van der Waals surface area contributed by atoms with E-state index in [1.165, 1.54) is 6.07 Å². The van der Waals surface area contributed by atoms with Gasteiger partial charge >= 0.3 is 6.18 Å². The van der Waals surface area contributed by atoms with Gasteiger partial charge in [-0.25, -0.2) is 0 Å². The van der Waals surface area contributed by atoms with Crippen LogP contribution in [0, 0.1) is 4.77 Å². The fourth-order valence-electron chi connectivity index (χ4n) is 1.71. The molecule has 0 saturated heterocycles. The van der Waals surface area contributed by atoms with E-state index in [1.54, 1.807) is 12.1 Å². The van der Waals surface area contributed by atoms with Gasteiger partial charge in [-0.15, -0.1) is 0 Å². The van der Waals surface area contributed by atoms with Crippen LogP contribution >= 0.6 is 35.4 Å². The highest BCUT2D eigenvalue weighted by Gasteiger charge is 2.32. The molecule has 1 aromatic heterocycles. The lowest BCUT2D eigenvalue weighted by Crippen LogP contribution is -2.25. The van der Waals surface area contributed by atoms with E-state index in [9.17, 15) is 18.0 Å². The number of rotatable bonds is 2. The predicted molar refractivity (Wildman–Crippen MR) is 76.5 cm³/mol. The number of nitrogens with zero attached hydrogens (tertiary/aromatic N) is 1. The van der Waals surface area contributed by atoms with Crippen molar-refractivity contribution in [1.82, 2.24) is 9.55 Å². The largest absolute Gasteiger partial charge is 0.431 e. The number of hydrogen-bond donors (Lipinski definition) is 1. The van der Waals surface area contributed by atoms with Gasteiger partial charge in [0.25, 0.3) is 5.56 Å². The molecule has 0 amide bonds. The predicted octanol–water partition coefficient (Wildman–Crippen LogP) is 4.28. The molecule has 0 aliphatic carbocycles. The van der Waals surface area contributed by atoms with Gasteiger partial charge < -0.3 is 4.98 Å². The second-order valence-corrected chi connectivity index (χ2v) is 5.45. The number of H-pyrrole nitrogens is 1. The molecule has 0 atom stereocenters. The first kappa shape index (κ1) is 16.1. The maximum absolute atomic E-state index is 12.6. The lowest BCUT2D eigenvalue weighted by molar-refractivity contribution is -0.141. The standard InChI is InChI=1S/C12H7Cl2F3N2OS/c13-7-1-6(2-8(14)3-7)5-19-10(20)4-9(12(15,16)17)18-11(19)21/h1-4H,5H2,(H,18,21). The summed E-state index contributed by atoms with van der Waals surface area (Å²) in [5.74, 6) is 0. The molecule has 9 heteroatoms. The van der Waals surface area contributed by atoms with Crippen LogP contribution in [-0.4, -0.2) is 9.55 Å². The minimum Gasteiger partial charge on any atom is -0.328 e. The Morgan fingerprint density at radius 1 is 1.14 bits per heavy atom. The molecule has 0 fully saturated rings. The zero-order valence-corrected chi connectivity index (χ0v) is 12.5. The first-order valence-electron chi connectivity index (χ1n) is 5.53. The van der Waals surface area contributed by atoms with Gasteiger partial charge in [0.1, 0.15) is 5.69 Å². The molecule has 0 saturated carbocycles. The van der Waals surface area contributed by atoms with Crippen molar-refractivity contribution in [1.29, 1.82) is 0 Å². The summed E-state index contributed by atoms with van der Waals surface area (Å²) in [5.41, 5.74) is -1.49. The zero-order valence-electron chi connectivity index (χ0n) is 10.2. The molecule has 0 aliphatic heterocycles. The Kier molecular flexibility index (Phi) is 4.46. The van der Waals surface area contributed by atoms with Gasteiger partial charge in [0.05, 0.1) is 6.54 Å². The molecule has 2 rings (SSSR count). The fraction of sp³-hybridized carbons (Fsp3) is 0.167. The van der Waals surface area contributed by atoms with E-state index in [0.717, 1.165) is 4.57 Å². The van der Waals surface area contributed by atoms with E-state index in [-0.39, 0.29) is 11.3 Å². The third kappa shape index (κ3) is 3.87. The van der Waals surface area contributed by atoms with Crippen molar-refractivity contribution in [2.75, 3.05) is 0 Å².